The standard InChI is InChI=1S/C9H19N3O/c1-9(2,10)7-11-3-5-12(8-13)6-4-11/h8H,3-7,10H2,1-2H3. The van der Waals surface area contributed by atoms with Crippen LogP contribution in [0.1, 0.15) is 13.8 Å². The van der Waals surface area contributed by atoms with Crippen molar-refractivity contribution in [3.05, 3.63) is 0 Å². The molecular weight excluding hydrogens is 166 g/mol. The van der Waals surface area contributed by atoms with E-state index < -0.39 is 0 Å². The van der Waals surface area contributed by atoms with Crippen LogP contribution in [0.15, 0.2) is 0 Å². The van der Waals surface area contributed by atoms with Gasteiger partial charge in [-0.25, -0.2) is 0 Å². The molecule has 13 heavy (non-hydrogen) atoms. The second-order valence-electron chi connectivity index (χ2n) is 4.41. The first-order valence-electron chi connectivity index (χ1n) is 4.72. The summed E-state index contributed by atoms with van der Waals surface area (Å²) in [6, 6.07) is 0. The van der Waals surface area contributed by atoms with E-state index in [1.54, 1.807) is 4.90 Å². The fraction of sp³-hybridized carbons (Fsp3) is 0.889. The molecule has 0 aromatic rings. The number of piperazine rings is 1. The van der Waals surface area contributed by atoms with Gasteiger partial charge < -0.3 is 10.6 Å². The lowest BCUT2D eigenvalue weighted by Crippen LogP contribution is -2.52. The van der Waals surface area contributed by atoms with Crippen molar-refractivity contribution in [2.45, 2.75) is 19.4 Å². The molecule has 1 aliphatic heterocycles. The third-order valence-electron chi connectivity index (χ3n) is 2.19. The lowest BCUT2D eigenvalue weighted by atomic mass is 10.1. The largest absolute Gasteiger partial charge is 0.343 e. The van der Waals surface area contributed by atoms with Crippen LogP contribution in [0.4, 0.5) is 0 Å². The van der Waals surface area contributed by atoms with Crippen LogP contribution in [0.2, 0.25) is 0 Å². The Morgan fingerprint density at radius 1 is 1.31 bits per heavy atom. The van der Waals surface area contributed by atoms with Crippen molar-refractivity contribution in [1.29, 1.82) is 0 Å². The van der Waals surface area contributed by atoms with Crippen molar-refractivity contribution in [1.82, 2.24) is 9.80 Å². The van der Waals surface area contributed by atoms with Crippen LogP contribution in [-0.4, -0.2) is 54.5 Å². The van der Waals surface area contributed by atoms with Gasteiger partial charge in [0.1, 0.15) is 0 Å². The van der Waals surface area contributed by atoms with Crippen molar-refractivity contribution < 1.29 is 4.79 Å². The highest BCUT2D eigenvalue weighted by Crippen LogP contribution is 2.05. The van der Waals surface area contributed by atoms with Crippen LogP contribution < -0.4 is 5.73 Å². The highest BCUT2D eigenvalue weighted by atomic mass is 16.1. The van der Waals surface area contributed by atoms with Crippen molar-refractivity contribution in [3.63, 3.8) is 0 Å². The Morgan fingerprint density at radius 3 is 2.23 bits per heavy atom. The van der Waals surface area contributed by atoms with Crippen molar-refractivity contribution in [2.75, 3.05) is 32.7 Å². The maximum Gasteiger partial charge on any atom is 0.209 e. The van der Waals surface area contributed by atoms with Crippen LogP contribution >= 0.6 is 0 Å². The quantitative estimate of drug-likeness (QED) is 0.603. The molecule has 0 aromatic heterocycles. The second kappa shape index (κ2) is 4.07. The van der Waals surface area contributed by atoms with E-state index in [9.17, 15) is 4.79 Å². The maximum absolute atomic E-state index is 10.4. The summed E-state index contributed by atoms with van der Waals surface area (Å²) in [4.78, 5) is 14.5. The summed E-state index contributed by atoms with van der Waals surface area (Å²) in [5, 5.41) is 0. The summed E-state index contributed by atoms with van der Waals surface area (Å²) in [5.41, 5.74) is 5.77. The van der Waals surface area contributed by atoms with E-state index in [2.05, 4.69) is 4.90 Å². The van der Waals surface area contributed by atoms with Crippen LogP contribution in [0, 0.1) is 0 Å². The van der Waals surface area contributed by atoms with E-state index in [-0.39, 0.29) is 5.54 Å². The number of amides is 1. The van der Waals surface area contributed by atoms with Crippen molar-refractivity contribution in [3.8, 4) is 0 Å². The molecule has 0 radical (unpaired) electrons. The zero-order valence-corrected chi connectivity index (χ0v) is 8.49. The minimum Gasteiger partial charge on any atom is -0.343 e. The molecule has 76 valence electrons. The zero-order chi connectivity index (χ0) is 9.90. The van der Waals surface area contributed by atoms with Crippen LogP contribution in [0.5, 0.6) is 0 Å². The average Bonchev–Trinajstić information content (AvgIpc) is 2.03. The Kier molecular flexibility index (Phi) is 3.27. The normalized spacial score (nSPS) is 20.4. The lowest BCUT2D eigenvalue weighted by molar-refractivity contribution is -0.119. The summed E-state index contributed by atoms with van der Waals surface area (Å²) in [6.07, 6.45) is 0.922. The van der Waals surface area contributed by atoms with Gasteiger partial charge in [-0.2, -0.15) is 0 Å². The first kappa shape index (κ1) is 10.5. The molecule has 4 heteroatoms. The predicted octanol–water partition coefficient (Wildman–Crippen LogP) is -0.502. The second-order valence-corrected chi connectivity index (χ2v) is 4.41. The Bertz CT molecular complexity index is 168. The first-order chi connectivity index (χ1) is 6.01. The molecule has 1 fully saturated rings. The molecule has 0 saturated carbocycles. The predicted molar refractivity (Wildman–Crippen MR) is 52.3 cm³/mol. The van der Waals surface area contributed by atoms with Gasteiger partial charge in [0.15, 0.2) is 0 Å². The Morgan fingerprint density at radius 2 is 1.85 bits per heavy atom. The van der Waals surface area contributed by atoms with Gasteiger partial charge in [0.2, 0.25) is 6.41 Å². The van der Waals surface area contributed by atoms with Crippen molar-refractivity contribution >= 4 is 6.41 Å². The van der Waals surface area contributed by atoms with Crippen LogP contribution in [-0.2, 0) is 4.79 Å². The lowest BCUT2D eigenvalue weighted by Gasteiger charge is -2.36. The number of carbonyl (C=O) groups is 1. The third-order valence-corrected chi connectivity index (χ3v) is 2.19. The number of hydrogen-bond acceptors (Lipinski definition) is 3. The molecule has 2 N–H and O–H groups in total. The summed E-state index contributed by atoms with van der Waals surface area (Å²) >= 11 is 0. The molecule has 0 atom stereocenters. The molecule has 1 saturated heterocycles. The SMILES string of the molecule is CC(C)(N)CN1CCN(C=O)CC1. The van der Waals surface area contributed by atoms with Gasteiger partial charge in [0.05, 0.1) is 0 Å². The Hall–Kier alpha value is -0.610. The number of rotatable bonds is 3. The third kappa shape index (κ3) is 3.74. The smallest absolute Gasteiger partial charge is 0.209 e. The van der Waals surface area contributed by atoms with Gasteiger partial charge in [0.25, 0.3) is 0 Å². The first-order valence-corrected chi connectivity index (χ1v) is 4.72. The van der Waals surface area contributed by atoms with E-state index in [1.165, 1.54) is 0 Å². The molecular formula is C9H19N3O. The summed E-state index contributed by atoms with van der Waals surface area (Å²) in [6.45, 7) is 8.51. The molecule has 0 bridgehead atoms. The van der Waals surface area contributed by atoms with E-state index >= 15 is 0 Å². The Balaban J connectivity index is 2.29. The molecule has 1 heterocycles. The molecule has 4 nitrogen and oxygen atoms in total. The molecule has 1 amide bonds. The van der Waals surface area contributed by atoms with Gasteiger partial charge in [-0.3, -0.25) is 9.69 Å². The zero-order valence-electron chi connectivity index (χ0n) is 8.49. The minimum absolute atomic E-state index is 0.136. The highest BCUT2D eigenvalue weighted by Gasteiger charge is 2.20. The summed E-state index contributed by atoms with van der Waals surface area (Å²) < 4.78 is 0. The Labute approximate surface area is 79.7 Å². The van der Waals surface area contributed by atoms with Gasteiger partial charge >= 0.3 is 0 Å². The molecule has 0 spiro atoms. The molecule has 0 aliphatic carbocycles. The number of nitrogens with zero attached hydrogens (tertiary/aromatic N) is 2. The van der Waals surface area contributed by atoms with Gasteiger partial charge in [0, 0.05) is 38.3 Å². The number of hydrogen-bond donors (Lipinski definition) is 1. The monoisotopic (exact) mass is 185 g/mol. The van der Waals surface area contributed by atoms with E-state index in [1.807, 2.05) is 13.8 Å². The van der Waals surface area contributed by atoms with Gasteiger partial charge in [-0.15, -0.1) is 0 Å². The molecule has 1 rings (SSSR count). The fourth-order valence-corrected chi connectivity index (χ4v) is 1.60. The number of nitrogens with two attached hydrogens (primary N) is 1. The molecule has 1 aliphatic rings. The van der Waals surface area contributed by atoms with E-state index in [4.69, 9.17) is 5.73 Å². The van der Waals surface area contributed by atoms with Crippen molar-refractivity contribution in [2.24, 2.45) is 5.73 Å². The number of carbonyl (C=O) groups excluding carboxylic acids is 1. The summed E-state index contributed by atoms with van der Waals surface area (Å²) in [5.74, 6) is 0. The molecule has 0 unspecified atom stereocenters. The molecule has 0 aromatic carbocycles. The van der Waals surface area contributed by atoms with E-state index in [0.717, 1.165) is 39.1 Å². The fourth-order valence-electron chi connectivity index (χ4n) is 1.60. The van der Waals surface area contributed by atoms with Crippen LogP contribution in [0.3, 0.4) is 0 Å². The van der Waals surface area contributed by atoms with E-state index in [0.29, 0.717) is 0 Å². The van der Waals surface area contributed by atoms with Crippen LogP contribution in [0.25, 0.3) is 0 Å². The maximum atomic E-state index is 10.4. The average molecular weight is 185 g/mol. The highest BCUT2D eigenvalue weighted by molar-refractivity contribution is 5.47. The van der Waals surface area contributed by atoms with Gasteiger partial charge in [-0.05, 0) is 13.8 Å². The van der Waals surface area contributed by atoms with Gasteiger partial charge in [-0.1, -0.05) is 0 Å². The minimum atomic E-state index is -0.136. The summed E-state index contributed by atoms with van der Waals surface area (Å²) in [7, 11) is 0. The topological polar surface area (TPSA) is 49.6 Å².